The Balaban J connectivity index is 1.88. The number of hydrogen-bond acceptors (Lipinski definition) is 4. The van der Waals surface area contributed by atoms with Gasteiger partial charge in [-0.3, -0.25) is 9.78 Å². The van der Waals surface area contributed by atoms with Crippen LogP contribution in [0.4, 0.5) is 0 Å². The molecule has 0 amide bonds. The Bertz CT molecular complexity index is 680. The second kappa shape index (κ2) is 5.66. The minimum absolute atomic E-state index is 0.0218. The van der Waals surface area contributed by atoms with E-state index < -0.39 is 0 Å². The monoisotopic (exact) mass is 282 g/mol. The molecule has 2 aromatic rings. The topological polar surface area (TPSA) is 51.2 Å². The van der Waals surface area contributed by atoms with Crippen LogP contribution in [0.5, 0.6) is 5.75 Å². The molecule has 1 aliphatic rings. The summed E-state index contributed by atoms with van der Waals surface area (Å²) >= 11 is 0. The maximum atomic E-state index is 12.6. The number of nitrogens with zero attached hydrogens (tertiary/aromatic N) is 1. The Morgan fingerprint density at radius 1 is 1.14 bits per heavy atom. The molecule has 0 spiro atoms. The number of nitrogens with one attached hydrogen (secondary N) is 1. The van der Waals surface area contributed by atoms with E-state index in [2.05, 4.69) is 10.3 Å². The molecule has 1 aliphatic heterocycles. The molecule has 0 saturated heterocycles. The summed E-state index contributed by atoms with van der Waals surface area (Å²) in [4.78, 5) is 16.7. The van der Waals surface area contributed by atoms with Crippen molar-refractivity contribution in [3.05, 3.63) is 58.9 Å². The van der Waals surface area contributed by atoms with Crippen molar-refractivity contribution in [3.63, 3.8) is 0 Å². The SMILES string of the molecule is CC(C)Oc1cncc(C(=O)c2ccc3c(c2)CNC3)c1. The maximum Gasteiger partial charge on any atom is 0.194 e. The van der Waals surface area contributed by atoms with Crippen LogP contribution in [0.2, 0.25) is 0 Å². The Labute approximate surface area is 124 Å². The van der Waals surface area contributed by atoms with Gasteiger partial charge in [0.1, 0.15) is 5.75 Å². The van der Waals surface area contributed by atoms with E-state index in [0.717, 1.165) is 13.1 Å². The Kier molecular flexibility index (Phi) is 3.71. The van der Waals surface area contributed by atoms with Crippen LogP contribution in [-0.2, 0) is 13.1 Å². The van der Waals surface area contributed by atoms with E-state index in [-0.39, 0.29) is 11.9 Å². The van der Waals surface area contributed by atoms with Gasteiger partial charge >= 0.3 is 0 Å². The molecule has 0 atom stereocenters. The van der Waals surface area contributed by atoms with E-state index in [1.807, 2.05) is 32.0 Å². The molecule has 0 fully saturated rings. The molecule has 1 N–H and O–H groups in total. The molecule has 4 heteroatoms. The van der Waals surface area contributed by atoms with E-state index in [4.69, 9.17) is 4.74 Å². The van der Waals surface area contributed by atoms with Crippen molar-refractivity contribution in [1.29, 1.82) is 0 Å². The summed E-state index contributed by atoms with van der Waals surface area (Å²) in [6, 6.07) is 7.61. The normalized spacial score (nSPS) is 13.3. The molecule has 0 unspecified atom stereocenters. The first-order valence-electron chi connectivity index (χ1n) is 7.12. The van der Waals surface area contributed by atoms with Crippen molar-refractivity contribution in [2.75, 3.05) is 0 Å². The number of ketones is 1. The van der Waals surface area contributed by atoms with Crippen LogP contribution in [-0.4, -0.2) is 16.9 Å². The van der Waals surface area contributed by atoms with Crippen molar-refractivity contribution < 1.29 is 9.53 Å². The van der Waals surface area contributed by atoms with Gasteiger partial charge in [-0.15, -0.1) is 0 Å². The minimum Gasteiger partial charge on any atom is -0.489 e. The van der Waals surface area contributed by atoms with Crippen LogP contribution in [0.1, 0.15) is 40.9 Å². The van der Waals surface area contributed by atoms with E-state index >= 15 is 0 Å². The van der Waals surface area contributed by atoms with Gasteiger partial charge in [0.2, 0.25) is 0 Å². The summed E-state index contributed by atoms with van der Waals surface area (Å²) in [5.41, 5.74) is 3.71. The lowest BCUT2D eigenvalue weighted by Crippen LogP contribution is -2.08. The van der Waals surface area contributed by atoms with Crippen LogP contribution >= 0.6 is 0 Å². The van der Waals surface area contributed by atoms with Crippen LogP contribution < -0.4 is 10.1 Å². The lowest BCUT2D eigenvalue weighted by molar-refractivity contribution is 0.103. The molecule has 1 aromatic heterocycles. The molecule has 0 bridgehead atoms. The molecule has 0 radical (unpaired) electrons. The zero-order valence-electron chi connectivity index (χ0n) is 12.2. The molecule has 1 aromatic carbocycles. The first-order valence-corrected chi connectivity index (χ1v) is 7.12. The van der Waals surface area contributed by atoms with E-state index in [1.165, 1.54) is 11.1 Å². The molecule has 0 saturated carbocycles. The van der Waals surface area contributed by atoms with Crippen molar-refractivity contribution in [3.8, 4) is 5.75 Å². The molecule has 3 rings (SSSR count). The van der Waals surface area contributed by atoms with E-state index in [9.17, 15) is 4.79 Å². The lowest BCUT2D eigenvalue weighted by atomic mass is 10.0. The summed E-state index contributed by atoms with van der Waals surface area (Å²) in [7, 11) is 0. The number of benzene rings is 1. The molecular formula is C17H18N2O2. The molecule has 2 heterocycles. The summed E-state index contributed by atoms with van der Waals surface area (Å²) in [6.07, 6.45) is 3.27. The second-order valence-electron chi connectivity index (χ2n) is 5.49. The molecule has 21 heavy (non-hydrogen) atoms. The van der Waals surface area contributed by atoms with Gasteiger partial charge in [-0.05, 0) is 37.1 Å². The Hall–Kier alpha value is -2.20. The predicted molar refractivity (Wildman–Crippen MR) is 80.4 cm³/mol. The largest absolute Gasteiger partial charge is 0.489 e. The highest BCUT2D eigenvalue weighted by Gasteiger charge is 2.15. The molecule has 4 nitrogen and oxygen atoms in total. The van der Waals surface area contributed by atoms with Gasteiger partial charge in [-0.2, -0.15) is 0 Å². The van der Waals surface area contributed by atoms with Gasteiger partial charge in [0.25, 0.3) is 0 Å². The second-order valence-corrected chi connectivity index (χ2v) is 5.49. The smallest absolute Gasteiger partial charge is 0.194 e. The number of carbonyl (C=O) groups excluding carboxylic acids is 1. The van der Waals surface area contributed by atoms with Crippen molar-refractivity contribution in [2.45, 2.75) is 33.0 Å². The van der Waals surface area contributed by atoms with E-state index in [0.29, 0.717) is 16.9 Å². The zero-order valence-corrected chi connectivity index (χ0v) is 12.2. The van der Waals surface area contributed by atoms with Crippen LogP contribution in [0.15, 0.2) is 36.7 Å². The first-order chi connectivity index (χ1) is 10.1. The summed E-state index contributed by atoms with van der Waals surface area (Å²) < 4.78 is 5.59. The summed E-state index contributed by atoms with van der Waals surface area (Å²) in [5.74, 6) is 0.602. The standard InChI is InChI=1S/C17H18N2O2/c1-11(2)21-16-6-15(9-19-10-16)17(20)12-3-4-13-7-18-8-14(13)5-12/h3-6,9-11,18H,7-8H2,1-2H3. The third-order valence-electron chi connectivity index (χ3n) is 3.45. The fraction of sp³-hybridized carbons (Fsp3) is 0.294. The molecular weight excluding hydrogens is 264 g/mol. The van der Waals surface area contributed by atoms with Crippen molar-refractivity contribution in [1.82, 2.24) is 10.3 Å². The van der Waals surface area contributed by atoms with Gasteiger partial charge in [-0.1, -0.05) is 12.1 Å². The quantitative estimate of drug-likeness (QED) is 0.876. The Morgan fingerprint density at radius 3 is 2.76 bits per heavy atom. The van der Waals surface area contributed by atoms with Gasteiger partial charge in [-0.25, -0.2) is 0 Å². The number of carbonyl (C=O) groups is 1. The number of pyridine rings is 1. The van der Waals surface area contributed by atoms with Gasteiger partial charge in [0.15, 0.2) is 5.78 Å². The zero-order chi connectivity index (χ0) is 14.8. The third-order valence-corrected chi connectivity index (χ3v) is 3.45. The highest BCUT2D eigenvalue weighted by Crippen LogP contribution is 2.20. The van der Waals surface area contributed by atoms with Gasteiger partial charge < -0.3 is 10.1 Å². The van der Waals surface area contributed by atoms with Gasteiger partial charge in [0.05, 0.1) is 12.3 Å². The van der Waals surface area contributed by atoms with Crippen LogP contribution in [0, 0.1) is 0 Å². The van der Waals surface area contributed by atoms with Crippen molar-refractivity contribution >= 4 is 5.78 Å². The maximum absolute atomic E-state index is 12.6. The minimum atomic E-state index is -0.0218. The highest BCUT2D eigenvalue weighted by molar-refractivity contribution is 6.09. The lowest BCUT2D eigenvalue weighted by Gasteiger charge is -2.10. The third kappa shape index (κ3) is 2.95. The number of fused-ring (bicyclic) bond motifs is 1. The van der Waals surface area contributed by atoms with E-state index in [1.54, 1.807) is 18.5 Å². The number of ether oxygens (including phenoxy) is 1. The molecule has 0 aliphatic carbocycles. The summed E-state index contributed by atoms with van der Waals surface area (Å²) in [6.45, 7) is 5.60. The fourth-order valence-electron chi connectivity index (χ4n) is 2.48. The number of aromatic nitrogens is 1. The van der Waals surface area contributed by atoms with Crippen molar-refractivity contribution in [2.24, 2.45) is 0 Å². The van der Waals surface area contributed by atoms with Gasteiger partial charge in [0, 0.05) is 30.4 Å². The average molecular weight is 282 g/mol. The number of rotatable bonds is 4. The van der Waals surface area contributed by atoms with Crippen LogP contribution in [0.3, 0.4) is 0 Å². The summed E-state index contributed by atoms with van der Waals surface area (Å²) in [5, 5.41) is 3.28. The molecule has 108 valence electrons. The van der Waals surface area contributed by atoms with Crippen LogP contribution in [0.25, 0.3) is 0 Å². The fourth-order valence-corrected chi connectivity index (χ4v) is 2.48. The first kappa shape index (κ1) is 13.8. The highest BCUT2D eigenvalue weighted by atomic mass is 16.5. The predicted octanol–water partition coefficient (Wildman–Crippen LogP) is 2.70. The average Bonchev–Trinajstić information content (AvgIpc) is 2.93. The number of hydrogen-bond donors (Lipinski definition) is 1. The Morgan fingerprint density at radius 2 is 1.95 bits per heavy atom.